The van der Waals surface area contributed by atoms with Gasteiger partial charge in [-0.3, -0.25) is 15.3 Å². The average molecular weight is 479 g/mol. The van der Waals surface area contributed by atoms with Crippen LogP contribution in [0.15, 0.2) is 59.5 Å². The zero-order valence-electron chi connectivity index (χ0n) is 18.3. The minimum atomic E-state index is -0.995. The summed E-state index contributed by atoms with van der Waals surface area (Å²) >= 11 is 1.57. The number of aromatic hydroxyl groups is 1. The largest absolute Gasteiger partial charge is 0.505 e. The first-order valence-corrected chi connectivity index (χ1v) is 11.4. The second kappa shape index (κ2) is 13.5. The maximum absolute atomic E-state index is 14.1. The molecule has 0 fully saturated rings. The summed E-state index contributed by atoms with van der Waals surface area (Å²) in [6.45, 7) is 2.06. The fourth-order valence-corrected chi connectivity index (χ4v) is 3.43. The number of phenolic OH excluding ortho intramolecular Hbond substituents is 1. The highest BCUT2D eigenvalue weighted by atomic mass is 32.2. The molecule has 0 spiro atoms. The van der Waals surface area contributed by atoms with E-state index in [0.29, 0.717) is 30.7 Å². The molecule has 2 amide bonds. The van der Waals surface area contributed by atoms with Gasteiger partial charge in [0.1, 0.15) is 0 Å². The Labute approximate surface area is 195 Å². The lowest BCUT2D eigenvalue weighted by Gasteiger charge is -2.27. The average Bonchev–Trinajstić information content (AvgIpc) is 2.81. The van der Waals surface area contributed by atoms with E-state index in [1.807, 2.05) is 18.4 Å². The topological polar surface area (TPSA) is 117 Å². The van der Waals surface area contributed by atoms with Crippen LogP contribution in [-0.2, 0) is 14.3 Å². The molecule has 8 nitrogen and oxygen atoms in total. The molecular formula is C23H27FN2O6S. The third-order valence-electron chi connectivity index (χ3n) is 4.59. The van der Waals surface area contributed by atoms with Gasteiger partial charge in [-0.25, -0.2) is 14.7 Å². The smallest absolute Gasteiger partial charge is 0.412 e. The van der Waals surface area contributed by atoms with Gasteiger partial charge >= 0.3 is 6.09 Å². The van der Waals surface area contributed by atoms with E-state index in [9.17, 15) is 19.1 Å². The second-order valence-electron chi connectivity index (χ2n) is 6.84. The van der Waals surface area contributed by atoms with Crippen LogP contribution in [0.1, 0.15) is 31.4 Å². The molecule has 0 saturated heterocycles. The number of nitrogens with one attached hydrogen (secondary N) is 2. The summed E-state index contributed by atoms with van der Waals surface area (Å²) in [6.07, 6.45) is 2.88. The number of hydrogen-bond donors (Lipinski definition) is 4. The summed E-state index contributed by atoms with van der Waals surface area (Å²) in [7, 11) is 0. The van der Waals surface area contributed by atoms with Crippen LogP contribution < -0.4 is 10.8 Å². The van der Waals surface area contributed by atoms with Crippen molar-refractivity contribution in [2.75, 3.05) is 18.2 Å². The standard InChI is InChI=1S/C23H27FN2O6S/c1-3-31-20(6-4-5-7-21(28)26-30)22(15-8-13-19(27)18(24)14-15)32-23(29)25-16-9-11-17(33-2)12-10-16/h5,7-14,20,22,27,30H,3-4,6H2,1-2H3,(H,25,29)(H,26,28)/b7-5+/t20-,22-/m1/s1. The van der Waals surface area contributed by atoms with Crippen LogP contribution in [0.3, 0.4) is 0 Å². The molecular weight excluding hydrogens is 451 g/mol. The van der Waals surface area contributed by atoms with Crippen LogP contribution in [0.25, 0.3) is 0 Å². The van der Waals surface area contributed by atoms with E-state index < -0.39 is 35.8 Å². The lowest BCUT2D eigenvalue weighted by atomic mass is 9.99. The van der Waals surface area contributed by atoms with Crippen molar-refractivity contribution in [1.29, 1.82) is 0 Å². The minimum absolute atomic E-state index is 0.295. The molecule has 0 unspecified atom stereocenters. The van der Waals surface area contributed by atoms with Crippen molar-refractivity contribution in [1.82, 2.24) is 5.48 Å². The molecule has 33 heavy (non-hydrogen) atoms. The maximum Gasteiger partial charge on any atom is 0.412 e. The molecule has 0 aliphatic carbocycles. The Hall–Kier alpha value is -3.08. The first kappa shape index (κ1) is 26.2. The highest BCUT2D eigenvalue weighted by Crippen LogP contribution is 2.30. The van der Waals surface area contributed by atoms with Crippen molar-refractivity contribution in [2.24, 2.45) is 0 Å². The quantitative estimate of drug-likeness (QED) is 0.159. The van der Waals surface area contributed by atoms with Gasteiger partial charge in [0.05, 0.1) is 6.10 Å². The van der Waals surface area contributed by atoms with E-state index in [-0.39, 0.29) is 0 Å². The van der Waals surface area contributed by atoms with Crippen molar-refractivity contribution in [3.63, 3.8) is 0 Å². The molecule has 0 heterocycles. The number of carbonyl (C=O) groups is 2. The fraction of sp³-hybridized carbons (Fsp3) is 0.304. The Morgan fingerprint density at radius 2 is 1.94 bits per heavy atom. The van der Waals surface area contributed by atoms with Gasteiger partial charge in [-0.05, 0) is 68.0 Å². The minimum Gasteiger partial charge on any atom is -0.505 e. The van der Waals surface area contributed by atoms with Crippen LogP contribution in [-0.4, -0.2) is 41.3 Å². The monoisotopic (exact) mass is 478 g/mol. The summed E-state index contributed by atoms with van der Waals surface area (Å²) in [4.78, 5) is 24.8. The Balaban J connectivity index is 2.22. The summed E-state index contributed by atoms with van der Waals surface area (Å²) in [5.41, 5.74) is 2.32. The van der Waals surface area contributed by atoms with E-state index >= 15 is 0 Å². The molecule has 0 aliphatic rings. The summed E-state index contributed by atoms with van der Waals surface area (Å²) in [5, 5.41) is 20.7. The summed E-state index contributed by atoms with van der Waals surface area (Å²) in [6, 6.07) is 10.9. The molecule has 0 bridgehead atoms. The number of allylic oxidation sites excluding steroid dienone is 1. The number of ether oxygens (including phenoxy) is 2. The Bertz CT molecular complexity index is 954. The molecule has 0 aliphatic heterocycles. The summed E-state index contributed by atoms with van der Waals surface area (Å²) < 4.78 is 25.5. The number of anilines is 1. The zero-order chi connectivity index (χ0) is 24.2. The lowest BCUT2D eigenvalue weighted by Crippen LogP contribution is -2.29. The Kier molecular flexibility index (Phi) is 10.7. The number of rotatable bonds is 11. The maximum atomic E-state index is 14.1. The molecule has 2 atom stereocenters. The van der Waals surface area contributed by atoms with Crippen LogP contribution in [0.2, 0.25) is 0 Å². The molecule has 2 rings (SSSR count). The first-order chi connectivity index (χ1) is 15.9. The summed E-state index contributed by atoms with van der Waals surface area (Å²) in [5.74, 6) is -2.06. The van der Waals surface area contributed by atoms with Crippen LogP contribution in [0, 0.1) is 5.82 Å². The van der Waals surface area contributed by atoms with Crippen molar-refractivity contribution in [3.05, 3.63) is 66.0 Å². The van der Waals surface area contributed by atoms with Crippen molar-refractivity contribution in [3.8, 4) is 5.75 Å². The predicted octanol–water partition coefficient (Wildman–Crippen LogP) is 4.79. The van der Waals surface area contributed by atoms with Gasteiger partial charge in [0.15, 0.2) is 17.7 Å². The van der Waals surface area contributed by atoms with Crippen LogP contribution in [0.4, 0.5) is 14.9 Å². The first-order valence-electron chi connectivity index (χ1n) is 10.2. The molecule has 178 valence electrons. The Morgan fingerprint density at radius 3 is 2.55 bits per heavy atom. The number of hydroxylamine groups is 1. The molecule has 0 radical (unpaired) electrons. The number of carbonyl (C=O) groups excluding carboxylic acids is 2. The Morgan fingerprint density at radius 1 is 1.21 bits per heavy atom. The van der Waals surface area contributed by atoms with Gasteiger partial charge in [0.25, 0.3) is 5.91 Å². The van der Waals surface area contributed by atoms with Gasteiger partial charge in [0.2, 0.25) is 0 Å². The number of thioether (sulfide) groups is 1. The van der Waals surface area contributed by atoms with Crippen molar-refractivity contribution < 1.29 is 33.8 Å². The number of hydrogen-bond acceptors (Lipinski definition) is 7. The van der Waals surface area contributed by atoms with E-state index in [4.69, 9.17) is 14.7 Å². The molecule has 4 N–H and O–H groups in total. The van der Waals surface area contributed by atoms with Crippen LogP contribution >= 0.6 is 11.8 Å². The normalized spacial score (nSPS) is 12.8. The SMILES string of the molecule is CCO[C@H](CC/C=C/C(=O)NO)[C@H](OC(=O)Nc1ccc(SC)cc1)c1ccc(O)c(F)c1. The third kappa shape index (κ3) is 8.41. The molecule has 2 aromatic carbocycles. The van der Waals surface area contributed by atoms with E-state index in [2.05, 4.69) is 5.32 Å². The predicted molar refractivity (Wildman–Crippen MR) is 123 cm³/mol. The van der Waals surface area contributed by atoms with Crippen molar-refractivity contribution >= 4 is 29.4 Å². The van der Waals surface area contributed by atoms with Gasteiger partial charge in [-0.15, -0.1) is 11.8 Å². The number of benzene rings is 2. The molecule has 0 saturated carbocycles. The van der Waals surface area contributed by atoms with Gasteiger partial charge in [-0.2, -0.15) is 0 Å². The van der Waals surface area contributed by atoms with Gasteiger partial charge in [-0.1, -0.05) is 12.1 Å². The zero-order valence-corrected chi connectivity index (χ0v) is 19.1. The highest BCUT2D eigenvalue weighted by molar-refractivity contribution is 7.98. The van der Waals surface area contributed by atoms with Crippen molar-refractivity contribution in [2.45, 2.75) is 36.9 Å². The molecule has 10 heteroatoms. The van der Waals surface area contributed by atoms with Gasteiger partial charge < -0.3 is 14.6 Å². The van der Waals surface area contributed by atoms with E-state index in [1.54, 1.807) is 30.8 Å². The lowest BCUT2D eigenvalue weighted by molar-refractivity contribution is -0.124. The second-order valence-corrected chi connectivity index (χ2v) is 7.72. The van der Waals surface area contributed by atoms with Gasteiger partial charge in [0, 0.05) is 23.3 Å². The number of halogens is 1. The number of phenols is 1. The molecule has 0 aromatic heterocycles. The van der Waals surface area contributed by atoms with Crippen LogP contribution in [0.5, 0.6) is 5.75 Å². The van der Waals surface area contributed by atoms with E-state index in [0.717, 1.165) is 17.0 Å². The van der Waals surface area contributed by atoms with E-state index in [1.165, 1.54) is 23.7 Å². The highest BCUT2D eigenvalue weighted by Gasteiger charge is 2.28. The molecule has 2 aromatic rings. The third-order valence-corrected chi connectivity index (χ3v) is 5.33. The fourth-order valence-electron chi connectivity index (χ4n) is 3.02. The number of amides is 2.